The van der Waals surface area contributed by atoms with E-state index in [0.29, 0.717) is 12.2 Å². The van der Waals surface area contributed by atoms with E-state index in [-0.39, 0.29) is 12.4 Å². The van der Waals surface area contributed by atoms with Gasteiger partial charge in [0.1, 0.15) is 6.61 Å². The Morgan fingerprint density at radius 1 is 1.00 bits per heavy atom. The maximum atomic E-state index is 11.8. The minimum absolute atomic E-state index is 0.0160. The Morgan fingerprint density at radius 2 is 1.67 bits per heavy atom. The van der Waals surface area contributed by atoms with Crippen LogP contribution in [0.5, 0.6) is 0 Å². The van der Waals surface area contributed by atoms with Crippen molar-refractivity contribution in [3.05, 3.63) is 69.3 Å². The summed E-state index contributed by atoms with van der Waals surface area (Å²) in [6, 6.07) is 17.3. The highest BCUT2D eigenvalue weighted by atomic mass is 127. The van der Waals surface area contributed by atoms with Gasteiger partial charge < -0.3 is 4.74 Å². The van der Waals surface area contributed by atoms with Crippen LogP contribution in [0.15, 0.2) is 54.6 Å². The van der Waals surface area contributed by atoms with E-state index in [0.717, 1.165) is 9.13 Å². The normalized spacial score (nSPS) is 10.3. The summed E-state index contributed by atoms with van der Waals surface area (Å²) in [6.07, 6.45) is 0. The molecule has 0 radical (unpaired) electrons. The van der Waals surface area contributed by atoms with E-state index in [1.54, 1.807) is 0 Å². The minimum atomic E-state index is 0.0160. The van der Waals surface area contributed by atoms with Gasteiger partial charge in [0, 0.05) is 9.13 Å². The van der Waals surface area contributed by atoms with Crippen LogP contribution in [0.3, 0.4) is 0 Å². The van der Waals surface area contributed by atoms with Gasteiger partial charge in [0.2, 0.25) is 0 Å². The van der Waals surface area contributed by atoms with E-state index in [9.17, 15) is 4.79 Å². The predicted octanol–water partition coefficient (Wildman–Crippen LogP) is 3.69. The molecule has 2 aromatic carbocycles. The van der Waals surface area contributed by atoms with Crippen LogP contribution in [0.4, 0.5) is 0 Å². The van der Waals surface area contributed by atoms with E-state index in [1.165, 1.54) is 0 Å². The zero-order valence-electron chi connectivity index (χ0n) is 9.80. The van der Waals surface area contributed by atoms with E-state index in [1.807, 2.05) is 54.6 Å². The fraction of sp³-hybridized carbons (Fsp3) is 0.133. The fourth-order valence-electron chi connectivity index (χ4n) is 1.55. The zero-order valence-corrected chi connectivity index (χ0v) is 12.0. The summed E-state index contributed by atoms with van der Waals surface area (Å²) in [5.74, 6) is 0.0160. The number of halogens is 1. The second kappa shape index (κ2) is 6.66. The Bertz CT molecular complexity index is 506. The molecule has 0 fully saturated rings. The first kappa shape index (κ1) is 13.2. The number of hydrogen-bond donors (Lipinski definition) is 0. The lowest BCUT2D eigenvalue weighted by atomic mass is 10.1. The lowest BCUT2D eigenvalue weighted by Gasteiger charge is -2.04. The van der Waals surface area contributed by atoms with Crippen molar-refractivity contribution in [3.63, 3.8) is 0 Å². The molecule has 0 spiro atoms. The van der Waals surface area contributed by atoms with E-state index >= 15 is 0 Å². The smallest absolute Gasteiger partial charge is 0.188 e. The molecule has 0 bridgehead atoms. The second-order valence-corrected chi connectivity index (χ2v) is 5.15. The van der Waals surface area contributed by atoms with Gasteiger partial charge in [-0.25, -0.2) is 0 Å². The highest BCUT2D eigenvalue weighted by Crippen LogP contribution is 2.08. The molecule has 2 aromatic rings. The highest BCUT2D eigenvalue weighted by molar-refractivity contribution is 14.1. The summed E-state index contributed by atoms with van der Waals surface area (Å²) in [7, 11) is 0. The van der Waals surface area contributed by atoms with Crippen LogP contribution in [0.1, 0.15) is 15.9 Å². The van der Waals surface area contributed by atoms with Crippen molar-refractivity contribution in [2.24, 2.45) is 0 Å². The third kappa shape index (κ3) is 3.92. The average molecular weight is 352 g/mol. The number of carbonyl (C=O) groups excluding carboxylic acids is 1. The van der Waals surface area contributed by atoms with Gasteiger partial charge in [-0.3, -0.25) is 4.79 Å². The lowest BCUT2D eigenvalue weighted by molar-refractivity contribution is 0.0726. The molecule has 0 aliphatic rings. The summed E-state index contributed by atoms with van der Waals surface area (Å²) >= 11 is 2.21. The average Bonchev–Trinajstić information content (AvgIpc) is 2.40. The van der Waals surface area contributed by atoms with E-state index in [4.69, 9.17) is 4.74 Å². The van der Waals surface area contributed by atoms with Gasteiger partial charge in [-0.05, 0) is 40.3 Å². The molecule has 0 N–H and O–H groups in total. The largest absolute Gasteiger partial charge is 0.369 e. The minimum Gasteiger partial charge on any atom is -0.369 e. The molecule has 2 rings (SSSR count). The van der Waals surface area contributed by atoms with Crippen LogP contribution in [0, 0.1) is 3.57 Å². The fourth-order valence-corrected chi connectivity index (χ4v) is 1.91. The molecule has 0 saturated heterocycles. The standard InChI is InChI=1S/C15H13IO2/c16-14-8-6-13(7-9-14)15(17)11-18-10-12-4-2-1-3-5-12/h1-9H,10-11H2. The maximum Gasteiger partial charge on any atom is 0.188 e. The monoisotopic (exact) mass is 352 g/mol. The van der Waals surface area contributed by atoms with Crippen molar-refractivity contribution in [1.29, 1.82) is 0 Å². The number of rotatable bonds is 5. The predicted molar refractivity (Wildman–Crippen MR) is 79.6 cm³/mol. The molecular weight excluding hydrogens is 339 g/mol. The van der Waals surface area contributed by atoms with Gasteiger partial charge in [-0.1, -0.05) is 42.5 Å². The maximum absolute atomic E-state index is 11.8. The van der Waals surface area contributed by atoms with E-state index in [2.05, 4.69) is 22.6 Å². The first-order valence-electron chi connectivity index (χ1n) is 5.66. The number of ketones is 1. The molecule has 92 valence electrons. The summed E-state index contributed by atoms with van der Waals surface area (Å²) in [6.45, 7) is 0.590. The Balaban J connectivity index is 1.84. The first-order chi connectivity index (χ1) is 8.75. The summed E-state index contributed by atoms with van der Waals surface area (Å²) in [5.41, 5.74) is 1.77. The van der Waals surface area contributed by atoms with Crippen LogP contribution in [-0.4, -0.2) is 12.4 Å². The third-order valence-corrected chi connectivity index (χ3v) is 3.23. The van der Waals surface area contributed by atoms with Crippen molar-refractivity contribution in [2.45, 2.75) is 6.61 Å². The molecule has 0 amide bonds. The van der Waals surface area contributed by atoms with Gasteiger partial charge in [0.05, 0.1) is 6.61 Å². The second-order valence-electron chi connectivity index (χ2n) is 3.91. The van der Waals surface area contributed by atoms with Crippen molar-refractivity contribution in [1.82, 2.24) is 0 Å². The lowest BCUT2D eigenvalue weighted by Crippen LogP contribution is -2.09. The van der Waals surface area contributed by atoms with Crippen molar-refractivity contribution < 1.29 is 9.53 Å². The number of Topliss-reactive ketones (excluding diaryl/α,β-unsaturated/α-hetero) is 1. The summed E-state index contributed by atoms with van der Waals surface area (Å²) in [5, 5.41) is 0. The van der Waals surface area contributed by atoms with Crippen molar-refractivity contribution in [3.8, 4) is 0 Å². The number of benzene rings is 2. The van der Waals surface area contributed by atoms with Gasteiger partial charge in [0.15, 0.2) is 5.78 Å². The highest BCUT2D eigenvalue weighted by Gasteiger charge is 2.05. The van der Waals surface area contributed by atoms with Gasteiger partial charge in [-0.2, -0.15) is 0 Å². The van der Waals surface area contributed by atoms with Gasteiger partial charge in [0.25, 0.3) is 0 Å². The van der Waals surface area contributed by atoms with Crippen LogP contribution in [0.2, 0.25) is 0 Å². The molecule has 0 unspecified atom stereocenters. The summed E-state index contributed by atoms with van der Waals surface area (Å²) < 4.78 is 6.53. The van der Waals surface area contributed by atoms with E-state index < -0.39 is 0 Å². The third-order valence-electron chi connectivity index (χ3n) is 2.51. The molecule has 18 heavy (non-hydrogen) atoms. The molecule has 2 nitrogen and oxygen atoms in total. The van der Waals surface area contributed by atoms with Gasteiger partial charge >= 0.3 is 0 Å². The van der Waals surface area contributed by atoms with Crippen LogP contribution >= 0.6 is 22.6 Å². The molecule has 0 heterocycles. The van der Waals surface area contributed by atoms with Crippen LogP contribution < -0.4 is 0 Å². The first-order valence-corrected chi connectivity index (χ1v) is 6.74. The Kier molecular flexibility index (Phi) is 4.90. The molecule has 0 aliphatic carbocycles. The molecule has 0 aliphatic heterocycles. The molecule has 0 aromatic heterocycles. The SMILES string of the molecule is O=C(COCc1ccccc1)c1ccc(I)cc1. The Hall–Kier alpha value is -1.20. The molecule has 0 saturated carbocycles. The van der Waals surface area contributed by atoms with Crippen LogP contribution in [0.25, 0.3) is 0 Å². The molecule has 0 atom stereocenters. The summed E-state index contributed by atoms with van der Waals surface area (Å²) in [4.78, 5) is 11.8. The number of carbonyl (C=O) groups is 1. The number of hydrogen-bond acceptors (Lipinski definition) is 2. The Morgan fingerprint density at radius 3 is 2.33 bits per heavy atom. The zero-order chi connectivity index (χ0) is 12.8. The Labute approximate surface area is 120 Å². The van der Waals surface area contributed by atoms with Crippen LogP contribution in [-0.2, 0) is 11.3 Å². The quantitative estimate of drug-likeness (QED) is 0.606. The number of ether oxygens (including phenoxy) is 1. The van der Waals surface area contributed by atoms with Crippen molar-refractivity contribution in [2.75, 3.05) is 6.61 Å². The van der Waals surface area contributed by atoms with Gasteiger partial charge in [-0.15, -0.1) is 0 Å². The molecular formula is C15H13IO2. The topological polar surface area (TPSA) is 26.3 Å². The molecule has 3 heteroatoms. The van der Waals surface area contributed by atoms with Crippen molar-refractivity contribution >= 4 is 28.4 Å².